The third-order valence-corrected chi connectivity index (χ3v) is 3.33. The lowest BCUT2D eigenvalue weighted by Crippen LogP contribution is -2.30. The number of ether oxygens (including phenoxy) is 1. The molecule has 0 unspecified atom stereocenters. The van der Waals surface area contributed by atoms with E-state index >= 15 is 0 Å². The Morgan fingerprint density at radius 2 is 2.00 bits per heavy atom. The van der Waals surface area contributed by atoms with Gasteiger partial charge in [0.2, 0.25) is 0 Å². The Bertz CT molecular complexity index is 628. The molecule has 2 aromatic carbocycles. The molecular weight excluding hydrogens is 292 g/mol. The second kappa shape index (κ2) is 8.20. The summed E-state index contributed by atoms with van der Waals surface area (Å²) >= 11 is 5.36. The van der Waals surface area contributed by atoms with Crippen molar-refractivity contribution in [3.63, 3.8) is 0 Å². The molecule has 0 fully saturated rings. The summed E-state index contributed by atoms with van der Waals surface area (Å²) in [4.78, 5) is 0. The molecule has 0 saturated carbocycles. The fraction of sp³-hybridized carbons (Fsp3) is 0.167. The van der Waals surface area contributed by atoms with E-state index in [0.29, 0.717) is 11.7 Å². The van der Waals surface area contributed by atoms with Crippen molar-refractivity contribution < 1.29 is 4.74 Å². The van der Waals surface area contributed by atoms with Crippen LogP contribution in [0.2, 0.25) is 0 Å². The van der Waals surface area contributed by atoms with Crippen molar-refractivity contribution in [3.8, 4) is 5.75 Å². The number of benzene rings is 2. The maximum atomic E-state index is 5.51. The highest BCUT2D eigenvalue weighted by Gasteiger charge is 2.06. The van der Waals surface area contributed by atoms with Gasteiger partial charge in [0.25, 0.3) is 0 Å². The van der Waals surface area contributed by atoms with Gasteiger partial charge in [-0.1, -0.05) is 49.1 Å². The molecule has 0 spiro atoms. The molecule has 0 aliphatic rings. The summed E-state index contributed by atoms with van der Waals surface area (Å²) < 4.78 is 5.51. The fourth-order valence-corrected chi connectivity index (χ4v) is 2.30. The Balaban J connectivity index is 1.93. The van der Waals surface area contributed by atoms with Gasteiger partial charge in [-0.3, -0.25) is 0 Å². The van der Waals surface area contributed by atoms with Gasteiger partial charge >= 0.3 is 0 Å². The average molecular weight is 312 g/mol. The summed E-state index contributed by atoms with van der Waals surface area (Å²) in [5, 5.41) is 7.03. The predicted octanol–water partition coefficient (Wildman–Crippen LogP) is 4.30. The average Bonchev–Trinajstić information content (AvgIpc) is 2.54. The first-order valence-corrected chi connectivity index (χ1v) is 7.56. The molecule has 0 radical (unpaired) electrons. The Hall–Kier alpha value is -2.33. The van der Waals surface area contributed by atoms with Crippen LogP contribution in [0.4, 0.5) is 5.69 Å². The van der Waals surface area contributed by atoms with Crippen molar-refractivity contribution >= 4 is 23.0 Å². The van der Waals surface area contributed by atoms with Crippen molar-refractivity contribution in [2.24, 2.45) is 0 Å². The van der Waals surface area contributed by atoms with E-state index in [0.717, 1.165) is 11.4 Å². The molecule has 114 valence electrons. The zero-order chi connectivity index (χ0) is 15.8. The molecule has 0 heterocycles. The van der Waals surface area contributed by atoms with Crippen molar-refractivity contribution in [1.82, 2.24) is 5.32 Å². The summed E-state index contributed by atoms with van der Waals surface area (Å²) in [6.07, 6.45) is 1.72. The lowest BCUT2D eigenvalue weighted by atomic mass is 10.1. The van der Waals surface area contributed by atoms with Crippen LogP contribution < -0.4 is 15.4 Å². The van der Waals surface area contributed by atoms with Gasteiger partial charge in [-0.15, -0.1) is 0 Å². The Labute approximate surface area is 137 Å². The Morgan fingerprint density at radius 1 is 1.23 bits per heavy atom. The van der Waals surface area contributed by atoms with Gasteiger partial charge in [-0.05, 0) is 36.8 Å². The highest BCUT2D eigenvalue weighted by molar-refractivity contribution is 7.80. The lowest BCUT2D eigenvalue weighted by Gasteiger charge is -2.17. The summed E-state index contributed by atoms with van der Waals surface area (Å²) in [7, 11) is 0. The summed E-state index contributed by atoms with van der Waals surface area (Å²) in [6.45, 7) is 6.20. The normalized spacial score (nSPS) is 11.3. The SMILES string of the molecule is C=CCOc1cccc(NC(=S)N[C@H](C)c2ccccc2)c1. The third kappa shape index (κ3) is 4.90. The molecular formula is C18H20N2OS. The minimum absolute atomic E-state index is 0.140. The zero-order valence-electron chi connectivity index (χ0n) is 12.6. The van der Waals surface area contributed by atoms with Crippen LogP contribution in [0.5, 0.6) is 5.75 Å². The molecule has 4 heteroatoms. The van der Waals surface area contributed by atoms with Crippen LogP contribution in [0.3, 0.4) is 0 Å². The molecule has 0 aliphatic carbocycles. The molecule has 2 rings (SSSR count). The molecule has 0 aliphatic heterocycles. The number of thiocarbonyl (C=S) groups is 1. The van der Waals surface area contributed by atoms with Crippen LogP contribution in [0.15, 0.2) is 67.3 Å². The van der Waals surface area contributed by atoms with Crippen LogP contribution in [-0.4, -0.2) is 11.7 Å². The minimum Gasteiger partial charge on any atom is -0.489 e. The van der Waals surface area contributed by atoms with Crippen molar-refractivity contribution in [2.45, 2.75) is 13.0 Å². The number of hydrogen-bond acceptors (Lipinski definition) is 2. The summed E-state index contributed by atoms with van der Waals surface area (Å²) in [6, 6.07) is 18.0. The van der Waals surface area contributed by atoms with E-state index in [1.165, 1.54) is 5.56 Å². The topological polar surface area (TPSA) is 33.3 Å². The summed E-state index contributed by atoms with van der Waals surface area (Å²) in [5.41, 5.74) is 2.08. The van der Waals surface area contributed by atoms with Gasteiger partial charge in [0, 0.05) is 11.8 Å². The fourth-order valence-electron chi connectivity index (χ4n) is 2.01. The maximum absolute atomic E-state index is 5.51. The largest absolute Gasteiger partial charge is 0.489 e. The van der Waals surface area contributed by atoms with Crippen molar-refractivity contribution in [3.05, 3.63) is 72.8 Å². The van der Waals surface area contributed by atoms with E-state index < -0.39 is 0 Å². The number of hydrogen-bond donors (Lipinski definition) is 2. The van der Waals surface area contributed by atoms with E-state index in [1.54, 1.807) is 6.08 Å². The van der Waals surface area contributed by atoms with Crippen LogP contribution in [-0.2, 0) is 0 Å². The second-order valence-corrected chi connectivity index (χ2v) is 5.27. The van der Waals surface area contributed by atoms with Gasteiger partial charge in [-0.25, -0.2) is 0 Å². The van der Waals surface area contributed by atoms with Crippen LogP contribution in [0.25, 0.3) is 0 Å². The number of nitrogens with one attached hydrogen (secondary N) is 2. The molecule has 0 bridgehead atoms. The van der Waals surface area contributed by atoms with E-state index in [2.05, 4.69) is 36.3 Å². The van der Waals surface area contributed by atoms with Crippen molar-refractivity contribution in [1.29, 1.82) is 0 Å². The van der Waals surface area contributed by atoms with Crippen LogP contribution in [0.1, 0.15) is 18.5 Å². The number of rotatable bonds is 6. The van der Waals surface area contributed by atoms with Crippen molar-refractivity contribution in [2.75, 3.05) is 11.9 Å². The third-order valence-electron chi connectivity index (χ3n) is 3.11. The van der Waals surface area contributed by atoms with Crippen LogP contribution in [0, 0.1) is 0 Å². The highest BCUT2D eigenvalue weighted by atomic mass is 32.1. The standard InChI is InChI=1S/C18H20N2OS/c1-3-12-21-17-11-7-10-16(13-17)20-18(22)19-14(2)15-8-5-4-6-9-15/h3-11,13-14H,1,12H2,2H3,(H2,19,20,22)/t14-/m1/s1. The van der Waals surface area contributed by atoms with Gasteiger partial charge < -0.3 is 15.4 Å². The van der Waals surface area contributed by atoms with Gasteiger partial charge in [0.15, 0.2) is 5.11 Å². The smallest absolute Gasteiger partial charge is 0.171 e. The second-order valence-electron chi connectivity index (χ2n) is 4.86. The molecule has 1 atom stereocenters. The molecule has 0 saturated heterocycles. The first-order chi connectivity index (χ1) is 10.7. The van der Waals surface area contributed by atoms with Gasteiger partial charge in [0.1, 0.15) is 12.4 Å². The zero-order valence-corrected chi connectivity index (χ0v) is 13.4. The van der Waals surface area contributed by atoms with E-state index in [1.807, 2.05) is 42.5 Å². The molecule has 3 nitrogen and oxygen atoms in total. The molecule has 22 heavy (non-hydrogen) atoms. The first-order valence-electron chi connectivity index (χ1n) is 7.15. The summed E-state index contributed by atoms with van der Waals surface area (Å²) in [5.74, 6) is 0.781. The quantitative estimate of drug-likeness (QED) is 0.615. The molecule has 2 N–H and O–H groups in total. The maximum Gasteiger partial charge on any atom is 0.171 e. The van der Waals surface area contributed by atoms with Gasteiger partial charge in [0.05, 0.1) is 6.04 Å². The molecule has 0 aromatic heterocycles. The van der Waals surface area contributed by atoms with E-state index in [9.17, 15) is 0 Å². The van der Waals surface area contributed by atoms with E-state index in [-0.39, 0.29) is 6.04 Å². The molecule has 0 amide bonds. The van der Waals surface area contributed by atoms with Gasteiger partial charge in [-0.2, -0.15) is 0 Å². The lowest BCUT2D eigenvalue weighted by molar-refractivity contribution is 0.363. The number of anilines is 1. The van der Waals surface area contributed by atoms with Crippen LogP contribution >= 0.6 is 12.2 Å². The molecule has 2 aromatic rings. The Morgan fingerprint density at radius 3 is 2.73 bits per heavy atom. The Kier molecular flexibility index (Phi) is 5.98. The minimum atomic E-state index is 0.140. The van der Waals surface area contributed by atoms with E-state index in [4.69, 9.17) is 17.0 Å². The predicted molar refractivity (Wildman–Crippen MR) is 96.3 cm³/mol. The highest BCUT2D eigenvalue weighted by Crippen LogP contribution is 2.18. The first kappa shape index (κ1) is 16.0. The monoisotopic (exact) mass is 312 g/mol.